The molecule has 0 aliphatic rings. The summed E-state index contributed by atoms with van der Waals surface area (Å²) in [6.45, 7) is 4.41. The zero-order valence-electron chi connectivity index (χ0n) is 8.77. The van der Waals surface area contributed by atoms with E-state index >= 15 is 0 Å². The van der Waals surface area contributed by atoms with Crippen molar-refractivity contribution in [1.29, 1.82) is 0 Å². The summed E-state index contributed by atoms with van der Waals surface area (Å²) in [5, 5.41) is 10.2. The summed E-state index contributed by atoms with van der Waals surface area (Å²) in [7, 11) is 0. The summed E-state index contributed by atoms with van der Waals surface area (Å²) < 4.78 is 5.33. The van der Waals surface area contributed by atoms with E-state index in [-0.39, 0.29) is 0 Å². The van der Waals surface area contributed by atoms with Crippen molar-refractivity contribution >= 4 is 6.08 Å². The zero-order chi connectivity index (χ0) is 11.3. The summed E-state index contributed by atoms with van der Waals surface area (Å²) >= 11 is 0. The molecule has 15 heavy (non-hydrogen) atoms. The smallest absolute Gasteiger partial charge is 0.235 e. The topological polar surface area (TPSA) is 52.4 Å². The lowest BCUT2D eigenvalue weighted by molar-refractivity contribution is -0.400. The first-order valence-electron chi connectivity index (χ1n) is 4.68. The number of ether oxygens (including phenoxy) is 1. The summed E-state index contributed by atoms with van der Waals surface area (Å²) in [6, 6.07) is 5.53. The zero-order valence-corrected chi connectivity index (χ0v) is 8.77. The highest BCUT2D eigenvalue weighted by Gasteiger charge is 1.97. The van der Waals surface area contributed by atoms with Crippen LogP contribution in [0.5, 0.6) is 5.75 Å². The van der Waals surface area contributed by atoms with Crippen LogP contribution in [0.3, 0.4) is 0 Å². The maximum Gasteiger partial charge on any atom is 0.235 e. The third-order valence-electron chi connectivity index (χ3n) is 1.77. The summed E-state index contributed by atoms with van der Waals surface area (Å²) in [6.07, 6.45) is 2.38. The van der Waals surface area contributed by atoms with Crippen molar-refractivity contribution in [1.82, 2.24) is 0 Å². The third kappa shape index (κ3) is 3.81. The molecule has 0 aromatic heterocycles. The fourth-order valence-electron chi connectivity index (χ4n) is 1.27. The van der Waals surface area contributed by atoms with E-state index < -0.39 is 4.92 Å². The molecule has 1 aromatic rings. The SMILES string of the molecule is CCOc1cc(C)cc(/C=C/[N+](=O)[O-])c1. The van der Waals surface area contributed by atoms with Gasteiger partial charge in [-0.3, -0.25) is 10.1 Å². The Morgan fingerprint density at radius 2 is 2.20 bits per heavy atom. The Kier molecular flexibility index (Phi) is 3.85. The van der Waals surface area contributed by atoms with Crippen LogP contribution in [-0.2, 0) is 0 Å². The van der Waals surface area contributed by atoms with Crippen LogP contribution in [0.2, 0.25) is 0 Å². The highest BCUT2D eigenvalue weighted by Crippen LogP contribution is 2.17. The molecule has 1 aromatic carbocycles. The van der Waals surface area contributed by atoms with Crippen LogP contribution in [0, 0.1) is 17.0 Å². The minimum absolute atomic E-state index is 0.483. The molecule has 0 bridgehead atoms. The largest absolute Gasteiger partial charge is 0.494 e. The summed E-state index contributed by atoms with van der Waals surface area (Å²) in [5.41, 5.74) is 1.79. The Bertz CT molecular complexity index is 385. The second kappa shape index (κ2) is 5.14. The Hall–Kier alpha value is -1.84. The summed E-state index contributed by atoms with van der Waals surface area (Å²) in [4.78, 5) is 9.67. The van der Waals surface area contributed by atoms with Gasteiger partial charge in [0.05, 0.1) is 11.5 Å². The highest BCUT2D eigenvalue weighted by molar-refractivity contribution is 5.52. The van der Waals surface area contributed by atoms with Crippen LogP contribution >= 0.6 is 0 Å². The Balaban J connectivity index is 2.93. The minimum Gasteiger partial charge on any atom is -0.494 e. The van der Waals surface area contributed by atoms with Crippen LogP contribution < -0.4 is 4.74 Å². The van der Waals surface area contributed by atoms with Crippen molar-refractivity contribution in [3.63, 3.8) is 0 Å². The lowest BCUT2D eigenvalue weighted by Crippen LogP contribution is -1.92. The number of benzene rings is 1. The lowest BCUT2D eigenvalue weighted by Gasteiger charge is -2.05. The number of nitro groups is 1. The monoisotopic (exact) mass is 207 g/mol. The third-order valence-corrected chi connectivity index (χ3v) is 1.77. The lowest BCUT2D eigenvalue weighted by atomic mass is 10.1. The van der Waals surface area contributed by atoms with E-state index in [4.69, 9.17) is 4.74 Å². The van der Waals surface area contributed by atoms with Gasteiger partial charge in [0, 0.05) is 6.08 Å². The molecule has 0 amide bonds. The molecule has 0 aliphatic heterocycles. The Morgan fingerprint density at radius 3 is 2.80 bits per heavy atom. The van der Waals surface area contributed by atoms with E-state index in [1.54, 1.807) is 6.07 Å². The number of nitrogens with zero attached hydrogens (tertiary/aromatic N) is 1. The Labute approximate surface area is 88.3 Å². The van der Waals surface area contributed by atoms with E-state index in [0.29, 0.717) is 6.61 Å². The first-order valence-corrected chi connectivity index (χ1v) is 4.68. The van der Waals surface area contributed by atoms with Gasteiger partial charge in [-0.25, -0.2) is 0 Å². The molecule has 0 atom stereocenters. The standard InChI is InChI=1S/C11H13NO3/c1-3-15-11-7-9(2)6-10(8-11)4-5-12(13)14/h4-8H,3H2,1-2H3/b5-4+. The predicted octanol–water partition coefficient (Wildman–Crippen LogP) is 2.64. The number of hydrogen-bond acceptors (Lipinski definition) is 3. The molecule has 0 saturated carbocycles. The van der Waals surface area contributed by atoms with Crippen LogP contribution in [0.15, 0.2) is 24.4 Å². The van der Waals surface area contributed by atoms with Gasteiger partial charge in [0.2, 0.25) is 6.20 Å². The molecular formula is C11H13NO3. The molecule has 0 N–H and O–H groups in total. The Morgan fingerprint density at radius 1 is 1.47 bits per heavy atom. The van der Waals surface area contributed by atoms with Gasteiger partial charge in [-0.15, -0.1) is 0 Å². The van der Waals surface area contributed by atoms with E-state index in [9.17, 15) is 10.1 Å². The van der Waals surface area contributed by atoms with Crippen molar-refractivity contribution in [2.45, 2.75) is 13.8 Å². The van der Waals surface area contributed by atoms with Gasteiger partial charge < -0.3 is 4.74 Å². The quantitative estimate of drug-likeness (QED) is 0.563. The van der Waals surface area contributed by atoms with E-state index in [0.717, 1.165) is 23.1 Å². The van der Waals surface area contributed by atoms with Gasteiger partial charge in [0.1, 0.15) is 5.75 Å². The van der Waals surface area contributed by atoms with Crippen molar-refractivity contribution in [2.75, 3.05) is 6.61 Å². The normalized spacial score (nSPS) is 10.5. The van der Waals surface area contributed by atoms with Crippen molar-refractivity contribution in [3.8, 4) is 5.75 Å². The molecule has 0 spiro atoms. The molecule has 4 nitrogen and oxygen atoms in total. The van der Waals surface area contributed by atoms with Gasteiger partial charge in [0.25, 0.3) is 0 Å². The number of rotatable bonds is 4. The molecule has 0 aliphatic carbocycles. The van der Waals surface area contributed by atoms with E-state index in [2.05, 4.69) is 0 Å². The van der Waals surface area contributed by atoms with Crippen LogP contribution in [0.1, 0.15) is 18.1 Å². The van der Waals surface area contributed by atoms with Gasteiger partial charge >= 0.3 is 0 Å². The molecule has 0 saturated heterocycles. The molecule has 0 unspecified atom stereocenters. The fourth-order valence-corrected chi connectivity index (χ4v) is 1.27. The molecular weight excluding hydrogens is 194 g/mol. The fraction of sp³-hybridized carbons (Fsp3) is 0.273. The molecule has 0 radical (unpaired) electrons. The van der Waals surface area contributed by atoms with Crippen molar-refractivity contribution < 1.29 is 9.66 Å². The minimum atomic E-state index is -0.483. The molecule has 4 heteroatoms. The molecule has 0 fully saturated rings. The average Bonchev–Trinajstić information content (AvgIpc) is 2.14. The molecule has 80 valence electrons. The first kappa shape index (κ1) is 11.2. The van der Waals surface area contributed by atoms with Gasteiger partial charge in [0.15, 0.2) is 0 Å². The number of hydrogen-bond donors (Lipinski definition) is 0. The summed E-state index contributed by atoms with van der Waals surface area (Å²) in [5.74, 6) is 0.737. The first-order chi connectivity index (χ1) is 7.11. The van der Waals surface area contributed by atoms with Crippen molar-refractivity contribution in [2.24, 2.45) is 0 Å². The maximum atomic E-state index is 10.2. The average molecular weight is 207 g/mol. The second-order valence-corrected chi connectivity index (χ2v) is 3.11. The van der Waals surface area contributed by atoms with Crippen molar-refractivity contribution in [3.05, 3.63) is 45.6 Å². The highest BCUT2D eigenvalue weighted by atomic mass is 16.6. The van der Waals surface area contributed by atoms with Gasteiger partial charge in [-0.05, 0) is 37.1 Å². The predicted molar refractivity (Wildman–Crippen MR) is 58.4 cm³/mol. The van der Waals surface area contributed by atoms with Crippen LogP contribution in [-0.4, -0.2) is 11.5 Å². The maximum absolute atomic E-state index is 10.2. The number of aryl methyl sites for hydroxylation is 1. The van der Waals surface area contributed by atoms with Crippen LogP contribution in [0.25, 0.3) is 6.08 Å². The van der Waals surface area contributed by atoms with E-state index in [1.807, 2.05) is 26.0 Å². The molecule has 1 rings (SSSR count). The molecule has 0 heterocycles. The second-order valence-electron chi connectivity index (χ2n) is 3.11. The van der Waals surface area contributed by atoms with Gasteiger partial charge in [-0.1, -0.05) is 6.07 Å². The van der Waals surface area contributed by atoms with E-state index in [1.165, 1.54) is 6.08 Å². The van der Waals surface area contributed by atoms with Crippen LogP contribution in [0.4, 0.5) is 0 Å². The van der Waals surface area contributed by atoms with Gasteiger partial charge in [-0.2, -0.15) is 0 Å².